The number of hydrogen-bond donors (Lipinski definition) is 1. The topological polar surface area (TPSA) is 60.1 Å². The number of aromatic nitrogens is 2. The van der Waals surface area contributed by atoms with E-state index in [9.17, 15) is 4.79 Å². The van der Waals surface area contributed by atoms with Gasteiger partial charge >= 0.3 is 0 Å². The molecule has 3 rings (SSSR count). The summed E-state index contributed by atoms with van der Waals surface area (Å²) in [6.07, 6.45) is 2.94. The average Bonchev–Trinajstić information content (AvgIpc) is 3.22. The largest absolute Gasteiger partial charge is 0.472 e. The van der Waals surface area contributed by atoms with Crippen LogP contribution in [0.5, 0.6) is 0 Å². The van der Waals surface area contributed by atoms with Gasteiger partial charge in [-0.2, -0.15) is 16.4 Å². The van der Waals surface area contributed by atoms with E-state index in [0.29, 0.717) is 12.1 Å². The minimum atomic E-state index is -0.143. The van der Waals surface area contributed by atoms with Crippen molar-refractivity contribution in [1.29, 1.82) is 0 Å². The van der Waals surface area contributed by atoms with Crippen LogP contribution in [0.4, 0.5) is 0 Å². The Morgan fingerprint density at radius 1 is 1.45 bits per heavy atom. The first-order valence-electron chi connectivity index (χ1n) is 7.00. The third kappa shape index (κ3) is 2.96. The number of hydrogen-bond acceptors (Lipinski definition) is 4. The summed E-state index contributed by atoms with van der Waals surface area (Å²) in [7, 11) is 0. The molecule has 1 atom stereocenters. The molecule has 0 spiro atoms. The normalized spacial score (nSPS) is 12.3. The monoisotopic (exact) mass is 315 g/mol. The van der Waals surface area contributed by atoms with Gasteiger partial charge in [0.05, 0.1) is 23.6 Å². The minimum absolute atomic E-state index is 0.0178. The van der Waals surface area contributed by atoms with Crippen LogP contribution in [0.3, 0.4) is 0 Å². The van der Waals surface area contributed by atoms with Crippen molar-refractivity contribution < 1.29 is 9.21 Å². The van der Waals surface area contributed by atoms with E-state index in [1.165, 1.54) is 12.5 Å². The van der Waals surface area contributed by atoms with Crippen LogP contribution >= 0.6 is 11.3 Å². The molecule has 1 N–H and O–H groups in total. The molecule has 3 aromatic rings. The van der Waals surface area contributed by atoms with E-state index in [4.69, 9.17) is 4.42 Å². The first-order valence-corrected chi connectivity index (χ1v) is 7.94. The Balaban J connectivity index is 1.81. The van der Waals surface area contributed by atoms with Crippen molar-refractivity contribution in [1.82, 2.24) is 15.1 Å². The van der Waals surface area contributed by atoms with Crippen LogP contribution in [0.25, 0.3) is 0 Å². The highest BCUT2D eigenvalue weighted by atomic mass is 32.1. The number of carbonyl (C=O) groups is 1. The average molecular weight is 315 g/mol. The Bertz CT molecular complexity index is 745. The third-order valence-electron chi connectivity index (χ3n) is 3.51. The van der Waals surface area contributed by atoms with E-state index in [-0.39, 0.29) is 11.9 Å². The van der Waals surface area contributed by atoms with Gasteiger partial charge in [-0.3, -0.25) is 9.48 Å². The molecule has 6 heteroatoms. The molecule has 0 aliphatic carbocycles. The predicted octanol–water partition coefficient (Wildman–Crippen LogP) is 3.17. The van der Waals surface area contributed by atoms with Crippen LogP contribution in [0, 0.1) is 13.8 Å². The lowest BCUT2D eigenvalue weighted by atomic mass is 10.1. The van der Waals surface area contributed by atoms with E-state index < -0.39 is 0 Å². The fourth-order valence-corrected chi connectivity index (χ4v) is 3.16. The molecule has 114 valence electrons. The number of nitrogens with one attached hydrogen (secondary N) is 1. The Hall–Kier alpha value is -2.34. The first-order chi connectivity index (χ1) is 10.6. The van der Waals surface area contributed by atoms with Gasteiger partial charge in [0.15, 0.2) is 0 Å². The van der Waals surface area contributed by atoms with Crippen LogP contribution in [-0.2, 0) is 0 Å². The zero-order valence-electron chi connectivity index (χ0n) is 12.4. The molecule has 0 aliphatic heterocycles. The molecule has 0 saturated heterocycles. The lowest BCUT2D eigenvalue weighted by molar-refractivity contribution is 0.0948. The molecule has 0 aromatic carbocycles. The molecule has 0 aliphatic rings. The maximum Gasteiger partial charge on any atom is 0.254 e. The maximum absolute atomic E-state index is 12.1. The molecule has 1 unspecified atom stereocenters. The first kappa shape index (κ1) is 14.6. The van der Waals surface area contributed by atoms with Gasteiger partial charge in [0.1, 0.15) is 6.26 Å². The third-order valence-corrected chi connectivity index (χ3v) is 4.21. The van der Waals surface area contributed by atoms with Crippen molar-refractivity contribution >= 4 is 17.2 Å². The summed E-state index contributed by atoms with van der Waals surface area (Å²) >= 11 is 1.64. The molecule has 0 radical (unpaired) electrons. The van der Waals surface area contributed by atoms with Gasteiger partial charge in [-0.25, -0.2) is 0 Å². The summed E-state index contributed by atoms with van der Waals surface area (Å²) < 4.78 is 6.91. The predicted molar refractivity (Wildman–Crippen MR) is 85.2 cm³/mol. The Labute approximate surface area is 132 Å². The highest BCUT2D eigenvalue weighted by molar-refractivity contribution is 7.07. The van der Waals surface area contributed by atoms with E-state index in [1.54, 1.807) is 17.4 Å². The number of carbonyl (C=O) groups excluding carboxylic acids is 1. The summed E-state index contributed by atoms with van der Waals surface area (Å²) in [5, 5.41) is 11.6. The minimum Gasteiger partial charge on any atom is -0.472 e. The maximum atomic E-state index is 12.1. The smallest absolute Gasteiger partial charge is 0.254 e. The number of nitrogens with zero attached hydrogens (tertiary/aromatic N) is 2. The second-order valence-electron chi connectivity index (χ2n) is 5.17. The van der Waals surface area contributed by atoms with Crippen molar-refractivity contribution in [2.75, 3.05) is 6.54 Å². The van der Waals surface area contributed by atoms with Crippen LogP contribution < -0.4 is 5.32 Å². The van der Waals surface area contributed by atoms with Gasteiger partial charge in [-0.15, -0.1) is 0 Å². The Morgan fingerprint density at radius 3 is 2.91 bits per heavy atom. The summed E-state index contributed by atoms with van der Waals surface area (Å²) in [6, 6.07) is 5.74. The molecule has 1 amide bonds. The van der Waals surface area contributed by atoms with Crippen LogP contribution in [0.1, 0.15) is 33.4 Å². The number of aryl methyl sites for hydroxylation is 2. The van der Waals surface area contributed by atoms with Crippen LogP contribution in [0.15, 0.2) is 45.9 Å². The molecule has 5 nitrogen and oxygen atoms in total. The number of rotatable bonds is 5. The van der Waals surface area contributed by atoms with Crippen LogP contribution in [-0.4, -0.2) is 22.2 Å². The van der Waals surface area contributed by atoms with Gasteiger partial charge in [0.25, 0.3) is 5.91 Å². The van der Waals surface area contributed by atoms with E-state index in [2.05, 4.69) is 21.9 Å². The molecule has 3 aromatic heterocycles. The molecule has 0 bridgehead atoms. The molecular weight excluding hydrogens is 298 g/mol. The van der Waals surface area contributed by atoms with Gasteiger partial charge in [-0.05, 0) is 48.4 Å². The van der Waals surface area contributed by atoms with Crippen molar-refractivity contribution in [2.45, 2.75) is 19.9 Å². The van der Waals surface area contributed by atoms with Gasteiger partial charge in [0.2, 0.25) is 0 Å². The lowest BCUT2D eigenvalue weighted by Crippen LogP contribution is -2.31. The second-order valence-corrected chi connectivity index (χ2v) is 5.95. The fraction of sp³-hybridized carbons (Fsp3) is 0.250. The highest BCUT2D eigenvalue weighted by Gasteiger charge is 2.19. The SMILES string of the molecule is Cc1cc(C)n(C(CNC(=O)c2ccoc2)c2ccsc2)n1. The number of amides is 1. The fourth-order valence-electron chi connectivity index (χ4n) is 2.46. The van der Waals surface area contributed by atoms with E-state index >= 15 is 0 Å². The number of thiophene rings is 1. The van der Waals surface area contributed by atoms with Gasteiger partial charge in [0, 0.05) is 12.2 Å². The van der Waals surface area contributed by atoms with Gasteiger partial charge in [-0.1, -0.05) is 0 Å². The highest BCUT2D eigenvalue weighted by Crippen LogP contribution is 2.22. The van der Waals surface area contributed by atoms with Crippen LogP contribution in [0.2, 0.25) is 0 Å². The summed E-state index contributed by atoms with van der Waals surface area (Å²) in [4.78, 5) is 12.1. The lowest BCUT2D eigenvalue weighted by Gasteiger charge is -2.19. The summed E-state index contributed by atoms with van der Waals surface area (Å²) in [5.41, 5.74) is 3.71. The standard InChI is InChI=1S/C16H17N3O2S/c1-11-7-12(2)19(18-11)15(14-4-6-22-10-14)8-17-16(20)13-3-5-21-9-13/h3-7,9-10,15H,8H2,1-2H3,(H,17,20). The molecule has 0 fully saturated rings. The van der Waals surface area contributed by atoms with E-state index in [0.717, 1.165) is 17.0 Å². The van der Waals surface area contributed by atoms with Crippen molar-refractivity contribution in [3.05, 3.63) is 64.0 Å². The zero-order chi connectivity index (χ0) is 15.5. The molecule has 0 saturated carbocycles. The summed E-state index contributed by atoms with van der Waals surface area (Å²) in [6.45, 7) is 4.47. The van der Waals surface area contributed by atoms with Gasteiger partial charge < -0.3 is 9.73 Å². The van der Waals surface area contributed by atoms with Crippen molar-refractivity contribution in [3.63, 3.8) is 0 Å². The molecule has 3 heterocycles. The van der Waals surface area contributed by atoms with E-state index in [1.807, 2.05) is 30.0 Å². The zero-order valence-corrected chi connectivity index (χ0v) is 13.3. The van der Waals surface area contributed by atoms with Crippen molar-refractivity contribution in [3.8, 4) is 0 Å². The molecule has 22 heavy (non-hydrogen) atoms. The van der Waals surface area contributed by atoms with Crippen molar-refractivity contribution in [2.24, 2.45) is 0 Å². The molecular formula is C16H17N3O2S. The number of furan rings is 1. The second kappa shape index (κ2) is 6.19. The Morgan fingerprint density at radius 2 is 2.32 bits per heavy atom. The summed E-state index contributed by atoms with van der Waals surface area (Å²) in [5.74, 6) is -0.143. The quantitative estimate of drug-likeness (QED) is 0.786. The Kier molecular flexibility index (Phi) is 4.11.